The fraction of sp³-hybridized carbons (Fsp3) is 0.692. The van der Waals surface area contributed by atoms with E-state index in [4.69, 9.17) is 11.6 Å². The molecule has 1 heterocycles. The molecule has 110 valence electrons. The van der Waals surface area contributed by atoms with Crippen LogP contribution in [-0.4, -0.2) is 20.9 Å². The molecule has 1 N–H and O–H groups in total. The maximum Gasteiger partial charge on any atom is 0.348 e. The largest absolute Gasteiger partial charge is 0.361 e. The number of anilines is 1. The van der Waals surface area contributed by atoms with E-state index < -0.39 is 4.92 Å². The maximum atomic E-state index is 11.1. The zero-order chi connectivity index (χ0) is 14.5. The molecule has 2 rings (SSSR count). The Hall–Kier alpha value is -1.43. The third-order valence-electron chi connectivity index (χ3n) is 3.94. The number of nitro groups is 1. The first kappa shape index (κ1) is 15.0. The highest BCUT2D eigenvalue weighted by atomic mass is 35.5. The van der Waals surface area contributed by atoms with E-state index in [0.29, 0.717) is 5.92 Å². The Labute approximate surface area is 123 Å². The number of hydrogen-bond donors (Lipinski definition) is 1. The number of aromatic nitrogens is 2. The van der Waals surface area contributed by atoms with Crippen molar-refractivity contribution in [2.45, 2.75) is 51.5 Å². The zero-order valence-electron chi connectivity index (χ0n) is 11.5. The fourth-order valence-electron chi connectivity index (χ4n) is 2.89. The molecule has 0 bridgehead atoms. The SMILES string of the molecule is CCC(Nc1ncnc(Cl)c1[N+](=O)[O-])C1CCCCC1. The summed E-state index contributed by atoms with van der Waals surface area (Å²) in [6, 6.07) is 0.194. The van der Waals surface area contributed by atoms with Crippen LogP contribution in [0.1, 0.15) is 45.4 Å². The number of nitrogens with one attached hydrogen (secondary N) is 1. The molecule has 0 saturated heterocycles. The monoisotopic (exact) mass is 298 g/mol. The van der Waals surface area contributed by atoms with Crippen molar-refractivity contribution in [1.29, 1.82) is 0 Å². The first-order valence-corrected chi connectivity index (χ1v) is 7.42. The molecule has 7 heteroatoms. The van der Waals surface area contributed by atoms with Crippen molar-refractivity contribution in [3.8, 4) is 0 Å². The molecule has 1 aromatic heterocycles. The van der Waals surface area contributed by atoms with Crippen LogP contribution in [0.2, 0.25) is 5.15 Å². The molecule has 0 aromatic carbocycles. The predicted octanol–water partition coefficient (Wildman–Crippen LogP) is 3.81. The molecule has 20 heavy (non-hydrogen) atoms. The average molecular weight is 299 g/mol. The molecule has 1 aliphatic carbocycles. The van der Waals surface area contributed by atoms with Gasteiger partial charge in [-0.2, -0.15) is 0 Å². The Bertz CT molecular complexity index is 477. The zero-order valence-corrected chi connectivity index (χ0v) is 12.3. The van der Waals surface area contributed by atoms with Crippen LogP contribution in [0.4, 0.5) is 11.5 Å². The molecule has 1 fully saturated rings. The molecule has 1 atom stereocenters. The maximum absolute atomic E-state index is 11.1. The highest BCUT2D eigenvalue weighted by molar-refractivity contribution is 6.31. The van der Waals surface area contributed by atoms with E-state index >= 15 is 0 Å². The molecular weight excluding hydrogens is 280 g/mol. The molecule has 6 nitrogen and oxygen atoms in total. The molecule has 0 aliphatic heterocycles. The summed E-state index contributed by atoms with van der Waals surface area (Å²) in [5.74, 6) is 0.773. The first-order valence-electron chi connectivity index (χ1n) is 7.05. The number of halogens is 1. The van der Waals surface area contributed by atoms with Gasteiger partial charge >= 0.3 is 5.69 Å². The van der Waals surface area contributed by atoms with E-state index in [1.54, 1.807) is 0 Å². The Morgan fingerprint density at radius 3 is 2.75 bits per heavy atom. The summed E-state index contributed by atoms with van der Waals surface area (Å²) in [6.45, 7) is 2.08. The summed E-state index contributed by atoms with van der Waals surface area (Å²) in [7, 11) is 0. The Morgan fingerprint density at radius 1 is 1.45 bits per heavy atom. The van der Waals surface area contributed by atoms with Gasteiger partial charge < -0.3 is 5.32 Å². The van der Waals surface area contributed by atoms with Crippen LogP contribution in [-0.2, 0) is 0 Å². The lowest BCUT2D eigenvalue weighted by atomic mass is 9.83. The van der Waals surface area contributed by atoms with Crippen molar-refractivity contribution in [1.82, 2.24) is 9.97 Å². The van der Waals surface area contributed by atoms with Crippen molar-refractivity contribution in [3.05, 3.63) is 21.6 Å². The van der Waals surface area contributed by atoms with Gasteiger partial charge in [-0.05, 0) is 25.2 Å². The standard InChI is InChI=1S/C13H19ClN4O2/c1-2-10(9-6-4-3-5-7-9)17-13-11(18(19)20)12(14)15-8-16-13/h8-10H,2-7H2,1H3,(H,15,16,17). The van der Waals surface area contributed by atoms with Gasteiger partial charge in [0.15, 0.2) is 0 Å². The Morgan fingerprint density at radius 2 is 2.15 bits per heavy atom. The van der Waals surface area contributed by atoms with Gasteiger partial charge in [0.25, 0.3) is 0 Å². The normalized spacial score (nSPS) is 17.7. The number of hydrogen-bond acceptors (Lipinski definition) is 5. The second kappa shape index (κ2) is 6.83. The number of nitrogens with zero attached hydrogens (tertiary/aromatic N) is 3. The van der Waals surface area contributed by atoms with Crippen LogP contribution in [0.3, 0.4) is 0 Å². The minimum atomic E-state index is -0.530. The summed E-state index contributed by atoms with van der Waals surface area (Å²) in [4.78, 5) is 18.2. The quantitative estimate of drug-likeness (QED) is 0.508. The Balaban J connectivity index is 2.18. The minimum absolute atomic E-state index is 0.119. The minimum Gasteiger partial charge on any atom is -0.361 e. The third-order valence-corrected chi connectivity index (χ3v) is 4.22. The molecule has 1 aromatic rings. The molecule has 0 spiro atoms. The van der Waals surface area contributed by atoms with Crippen LogP contribution >= 0.6 is 11.6 Å². The molecule has 1 aliphatic rings. The summed E-state index contributed by atoms with van der Waals surface area (Å²) < 4.78 is 0. The van der Waals surface area contributed by atoms with Crippen LogP contribution in [0.5, 0.6) is 0 Å². The average Bonchev–Trinajstić information content (AvgIpc) is 2.45. The van der Waals surface area contributed by atoms with Gasteiger partial charge in [0.2, 0.25) is 11.0 Å². The third kappa shape index (κ3) is 3.36. The van der Waals surface area contributed by atoms with Gasteiger partial charge in [0.05, 0.1) is 4.92 Å². The van der Waals surface area contributed by atoms with Gasteiger partial charge in [0.1, 0.15) is 6.33 Å². The lowest BCUT2D eigenvalue weighted by Gasteiger charge is -2.30. The van der Waals surface area contributed by atoms with Crippen molar-refractivity contribution >= 4 is 23.1 Å². The highest BCUT2D eigenvalue weighted by Crippen LogP contribution is 2.33. The molecular formula is C13H19ClN4O2. The van der Waals surface area contributed by atoms with Crippen LogP contribution in [0.15, 0.2) is 6.33 Å². The lowest BCUT2D eigenvalue weighted by Crippen LogP contribution is -2.30. The molecule has 1 saturated carbocycles. The summed E-state index contributed by atoms with van der Waals surface area (Å²) in [6.07, 6.45) is 8.24. The van der Waals surface area contributed by atoms with E-state index in [0.717, 1.165) is 19.3 Å². The van der Waals surface area contributed by atoms with Gasteiger partial charge in [-0.25, -0.2) is 9.97 Å². The van der Waals surface area contributed by atoms with Crippen LogP contribution < -0.4 is 5.32 Å². The highest BCUT2D eigenvalue weighted by Gasteiger charge is 2.27. The van der Waals surface area contributed by atoms with E-state index in [1.165, 1.54) is 25.6 Å². The van der Waals surface area contributed by atoms with Crippen molar-refractivity contribution in [2.75, 3.05) is 5.32 Å². The lowest BCUT2D eigenvalue weighted by molar-refractivity contribution is -0.384. The van der Waals surface area contributed by atoms with E-state index in [-0.39, 0.29) is 22.7 Å². The fourth-order valence-corrected chi connectivity index (χ4v) is 3.09. The second-order valence-electron chi connectivity index (χ2n) is 5.18. The van der Waals surface area contributed by atoms with Gasteiger partial charge in [-0.3, -0.25) is 10.1 Å². The van der Waals surface area contributed by atoms with Gasteiger partial charge in [0, 0.05) is 6.04 Å². The summed E-state index contributed by atoms with van der Waals surface area (Å²) >= 11 is 5.80. The van der Waals surface area contributed by atoms with E-state index in [9.17, 15) is 10.1 Å². The van der Waals surface area contributed by atoms with Gasteiger partial charge in [-0.1, -0.05) is 37.8 Å². The second-order valence-corrected chi connectivity index (χ2v) is 5.53. The van der Waals surface area contributed by atoms with Crippen molar-refractivity contribution in [2.24, 2.45) is 5.92 Å². The molecule has 0 radical (unpaired) electrons. The van der Waals surface area contributed by atoms with Crippen LogP contribution in [0.25, 0.3) is 0 Å². The van der Waals surface area contributed by atoms with E-state index in [2.05, 4.69) is 22.2 Å². The molecule has 1 unspecified atom stereocenters. The Kier molecular flexibility index (Phi) is 5.11. The molecule has 0 amide bonds. The summed E-state index contributed by atoms with van der Waals surface area (Å²) in [5, 5.41) is 14.2. The number of rotatable bonds is 5. The van der Waals surface area contributed by atoms with Gasteiger partial charge in [-0.15, -0.1) is 0 Å². The van der Waals surface area contributed by atoms with Crippen LogP contribution in [0, 0.1) is 16.0 Å². The van der Waals surface area contributed by atoms with Crippen molar-refractivity contribution < 1.29 is 4.92 Å². The predicted molar refractivity (Wildman–Crippen MR) is 78.0 cm³/mol. The van der Waals surface area contributed by atoms with Crippen molar-refractivity contribution in [3.63, 3.8) is 0 Å². The smallest absolute Gasteiger partial charge is 0.348 e. The summed E-state index contributed by atoms with van der Waals surface area (Å²) in [5.41, 5.74) is -0.233. The topological polar surface area (TPSA) is 81.0 Å². The first-order chi connectivity index (χ1) is 9.63. The van der Waals surface area contributed by atoms with E-state index in [1.807, 2.05) is 0 Å².